The van der Waals surface area contributed by atoms with Gasteiger partial charge in [0, 0.05) is 12.1 Å². The van der Waals surface area contributed by atoms with Crippen LogP contribution in [0.15, 0.2) is 24.3 Å². The molecule has 0 saturated carbocycles. The van der Waals surface area contributed by atoms with E-state index in [1.54, 1.807) is 32.9 Å². The maximum absolute atomic E-state index is 13.0. The molecule has 30 heavy (non-hydrogen) atoms. The van der Waals surface area contributed by atoms with Crippen molar-refractivity contribution in [3.8, 4) is 0 Å². The Morgan fingerprint density at radius 2 is 1.87 bits per heavy atom. The van der Waals surface area contributed by atoms with Crippen molar-refractivity contribution in [2.75, 3.05) is 18.5 Å². The van der Waals surface area contributed by atoms with E-state index in [0.717, 1.165) is 5.56 Å². The largest absolute Gasteiger partial charge is 0.444 e. The number of hydrogen-bond donors (Lipinski definition) is 3. The molecule has 3 N–H and O–H groups in total. The zero-order chi connectivity index (χ0) is 22.3. The summed E-state index contributed by atoms with van der Waals surface area (Å²) in [5.41, 5.74) is 0.838. The zero-order valence-corrected chi connectivity index (χ0v) is 18.4. The number of nitrogens with one attached hydrogen (secondary N) is 3. The van der Waals surface area contributed by atoms with Crippen molar-refractivity contribution in [3.63, 3.8) is 0 Å². The number of carbonyl (C=O) groups is 3. The second-order valence-electron chi connectivity index (χ2n) is 8.83. The molecule has 0 aromatic heterocycles. The second-order valence-corrected chi connectivity index (χ2v) is 8.83. The highest BCUT2D eigenvalue weighted by Gasteiger charge is 2.27. The number of benzene rings is 1. The van der Waals surface area contributed by atoms with Gasteiger partial charge in [0.25, 0.3) is 0 Å². The van der Waals surface area contributed by atoms with Crippen LogP contribution < -0.4 is 16.0 Å². The van der Waals surface area contributed by atoms with Crippen LogP contribution in [0.25, 0.3) is 0 Å². The van der Waals surface area contributed by atoms with Gasteiger partial charge in [0.05, 0.1) is 25.7 Å². The van der Waals surface area contributed by atoms with Crippen LogP contribution in [-0.2, 0) is 25.5 Å². The third-order valence-corrected chi connectivity index (χ3v) is 4.59. The van der Waals surface area contributed by atoms with Gasteiger partial charge in [-0.2, -0.15) is 0 Å². The Labute approximate surface area is 178 Å². The quantitative estimate of drug-likeness (QED) is 0.683. The van der Waals surface area contributed by atoms with Crippen LogP contribution in [0.3, 0.4) is 0 Å². The minimum atomic E-state index is -0.813. The molecule has 8 nitrogen and oxygen atoms in total. The molecule has 2 aliphatic rings. The van der Waals surface area contributed by atoms with E-state index in [1.165, 1.54) is 0 Å². The fraction of sp³-hybridized carbons (Fsp3) is 0.591. The summed E-state index contributed by atoms with van der Waals surface area (Å²) in [7, 11) is 0. The van der Waals surface area contributed by atoms with Crippen molar-refractivity contribution < 1.29 is 23.9 Å². The highest BCUT2D eigenvalue weighted by Crippen LogP contribution is 2.14. The highest BCUT2D eigenvalue weighted by atomic mass is 16.6. The monoisotopic (exact) mass is 419 g/mol. The Morgan fingerprint density at radius 3 is 2.47 bits per heavy atom. The van der Waals surface area contributed by atoms with Crippen molar-refractivity contribution in [2.24, 2.45) is 5.92 Å². The molecule has 166 valence electrons. The number of amides is 3. The molecule has 0 fully saturated rings. The Hall–Kier alpha value is -2.61. The molecule has 3 rings (SSSR count). The van der Waals surface area contributed by atoms with Crippen LogP contribution in [0.5, 0.6) is 0 Å². The summed E-state index contributed by atoms with van der Waals surface area (Å²) < 4.78 is 11.0. The minimum Gasteiger partial charge on any atom is -0.444 e. The van der Waals surface area contributed by atoms with Crippen molar-refractivity contribution >= 4 is 23.6 Å². The normalized spacial score (nSPS) is 21.3. The van der Waals surface area contributed by atoms with Crippen LogP contribution in [0.2, 0.25) is 0 Å². The molecule has 1 aromatic rings. The summed E-state index contributed by atoms with van der Waals surface area (Å²) in [5, 5.41) is 8.48. The average molecular weight is 420 g/mol. The van der Waals surface area contributed by atoms with Gasteiger partial charge in [0.2, 0.25) is 11.8 Å². The molecular formula is C22H33N3O5. The predicted octanol–water partition coefficient (Wildman–Crippen LogP) is 2.62. The Kier molecular flexibility index (Phi) is 8.23. The lowest BCUT2D eigenvalue weighted by molar-refractivity contribution is -0.125. The first-order valence-corrected chi connectivity index (χ1v) is 10.3. The van der Waals surface area contributed by atoms with E-state index in [0.29, 0.717) is 5.69 Å². The standard InChI is InChI=1S/C22H33N3O5/c1-14(2)18-13-29-11-10-19(26)23-16-8-6-15(7-9-16)12-17(20(27)24-18)25-21(28)30-22(3,4)5/h6-9,14,17-18H,10-13H2,1-5H3,(H,23,26)(H,24,27)(H,25,28)/t17-,18-/m1/s1. The first-order chi connectivity index (χ1) is 14.0. The summed E-state index contributed by atoms with van der Waals surface area (Å²) in [4.78, 5) is 37.4. The molecule has 2 bridgehead atoms. The third kappa shape index (κ3) is 8.02. The van der Waals surface area contributed by atoms with Crippen molar-refractivity contribution in [1.29, 1.82) is 0 Å². The van der Waals surface area contributed by atoms with Gasteiger partial charge in [0.15, 0.2) is 0 Å². The molecule has 2 aliphatic heterocycles. The average Bonchev–Trinajstić information content (AvgIpc) is 2.63. The van der Waals surface area contributed by atoms with Gasteiger partial charge in [0.1, 0.15) is 11.6 Å². The number of anilines is 1. The van der Waals surface area contributed by atoms with Crippen molar-refractivity contribution in [2.45, 2.75) is 65.1 Å². The molecule has 8 heteroatoms. The van der Waals surface area contributed by atoms with Gasteiger partial charge in [-0.1, -0.05) is 26.0 Å². The molecule has 3 amide bonds. The number of hydrogen-bond acceptors (Lipinski definition) is 5. The predicted molar refractivity (Wildman–Crippen MR) is 114 cm³/mol. The zero-order valence-electron chi connectivity index (χ0n) is 18.4. The van der Waals surface area contributed by atoms with Crippen molar-refractivity contribution in [1.82, 2.24) is 10.6 Å². The van der Waals surface area contributed by atoms with Crippen LogP contribution in [0.4, 0.5) is 10.5 Å². The Morgan fingerprint density at radius 1 is 1.20 bits per heavy atom. The molecular weight excluding hydrogens is 386 g/mol. The number of carbonyl (C=O) groups excluding carboxylic acids is 3. The van der Waals surface area contributed by atoms with E-state index in [2.05, 4.69) is 16.0 Å². The lowest BCUT2D eigenvalue weighted by atomic mass is 10.0. The fourth-order valence-electron chi connectivity index (χ4n) is 2.90. The molecule has 0 radical (unpaired) electrons. The lowest BCUT2D eigenvalue weighted by Gasteiger charge is -2.27. The molecule has 0 spiro atoms. The minimum absolute atomic E-state index is 0.111. The topological polar surface area (TPSA) is 106 Å². The van der Waals surface area contributed by atoms with E-state index in [-0.39, 0.29) is 49.8 Å². The summed E-state index contributed by atoms with van der Waals surface area (Å²) in [5.74, 6) is -0.331. The Bertz CT molecular complexity index is 740. The number of rotatable bonds is 2. The summed E-state index contributed by atoms with van der Waals surface area (Å²) in [6.07, 6.45) is -0.143. The molecule has 0 aliphatic carbocycles. The van der Waals surface area contributed by atoms with Crippen LogP contribution >= 0.6 is 0 Å². The van der Waals surface area contributed by atoms with Crippen LogP contribution in [-0.4, -0.2) is 48.8 Å². The number of ether oxygens (including phenoxy) is 2. The lowest BCUT2D eigenvalue weighted by Crippen LogP contribution is -2.53. The second kappa shape index (κ2) is 10.4. The smallest absolute Gasteiger partial charge is 0.408 e. The van der Waals surface area contributed by atoms with E-state index >= 15 is 0 Å². The van der Waals surface area contributed by atoms with E-state index in [1.807, 2.05) is 26.0 Å². The van der Waals surface area contributed by atoms with Gasteiger partial charge in [-0.25, -0.2) is 4.79 Å². The van der Waals surface area contributed by atoms with Gasteiger partial charge in [-0.15, -0.1) is 0 Å². The van der Waals surface area contributed by atoms with Gasteiger partial charge >= 0.3 is 6.09 Å². The number of alkyl carbamates (subject to hydrolysis) is 1. The molecule has 2 atom stereocenters. The first-order valence-electron chi connectivity index (χ1n) is 10.3. The highest BCUT2D eigenvalue weighted by molar-refractivity contribution is 5.90. The van der Waals surface area contributed by atoms with E-state index < -0.39 is 17.7 Å². The molecule has 2 heterocycles. The fourth-order valence-corrected chi connectivity index (χ4v) is 2.90. The molecule has 1 aromatic carbocycles. The van der Waals surface area contributed by atoms with E-state index in [9.17, 15) is 14.4 Å². The maximum atomic E-state index is 13.0. The van der Waals surface area contributed by atoms with Gasteiger partial charge < -0.3 is 25.4 Å². The van der Waals surface area contributed by atoms with Crippen molar-refractivity contribution in [3.05, 3.63) is 29.8 Å². The Balaban J connectivity index is 2.24. The summed E-state index contributed by atoms with van der Waals surface area (Å²) in [6, 6.07) is 6.12. The molecule has 0 unspecified atom stereocenters. The molecule has 0 saturated heterocycles. The summed E-state index contributed by atoms with van der Waals surface area (Å²) >= 11 is 0. The van der Waals surface area contributed by atoms with E-state index in [4.69, 9.17) is 9.47 Å². The van der Waals surface area contributed by atoms with Crippen LogP contribution in [0.1, 0.15) is 46.6 Å². The maximum Gasteiger partial charge on any atom is 0.408 e. The van der Waals surface area contributed by atoms with Crippen LogP contribution in [0, 0.1) is 5.92 Å². The SMILES string of the molecule is CC(C)[C@H]1COCCC(=O)Nc2ccc(cc2)C[C@@H](NC(=O)OC(C)(C)C)C(=O)N1. The number of fused-ring (bicyclic) bond motifs is 12. The first kappa shape index (κ1) is 23.7. The van der Waals surface area contributed by atoms with Gasteiger partial charge in [-0.3, -0.25) is 9.59 Å². The third-order valence-electron chi connectivity index (χ3n) is 4.59. The van der Waals surface area contributed by atoms with Gasteiger partial charge in [-0.05, 0) is 44.4 Å². The summed E-state index contributed by atoms with van der Waals surface area (Å²) in [6.45, 7) is 9.78.